The van der Waals surface area contributed by atoms with Crippen molar-refractivity contribution in [1.82, 2.24) is 20.2 Å². The van der Waals surface area contributed by atoms with Crippen LogP contribution in [0.3, 0.4) is 0 Å². The third-order valence-corrected chi connectivity index (χ3v) is 3.13. The third-order valence-electron chi connectivity index (χ3n) is 3.13. The van der Waals surface area contributed by atoms with E-state index in [1.165, 1.54) is 5.69 Å². The van der Waals surface area contributed by atoms with Gasteiger partial charge in [-0.1, -0.05) is 13.3 Å². The summed E-state index contributed by atoms with van der Waals surface area (Å²) in [4.78, 5) is 11.4. The van der Waals surface area contributed by atoms with Gasteiger partial charge >= 0.3 is 0 Å². The van der Waals surface area contributed by atoms with E-state index in [0.29, 0.717) is 0 Å². The lowest BCUT2D eigenvalue weighted by molar-refractivity contribution is 0.242. The quantitative estimate of drug-likeness (QED) is 0.821. The van der Waals surface area contributed by atoms with Crippen LogP contribution >= 0.6 is 0 Å². The number of piperazine rings is 1. The van der Waals surface area contributed by atoms with Gasteiger partial charge in [-0.15, -0.1) is 0 Å². The summed E-state index contributed by atoms with van der Waals surface area (Å²) in [6.07, 6.45) is 5.07. The Kier molecular flexibility index (Phi) is 4.88. The minimum atomic E-state index is 0.970. The Labute approximate surface area is 103 Å². The minimum absolute atomic E-state index is 0.970. The molecule has 17 heavy (non-hydrogen) atoms. The van der Waals surface area contributed by atoms with Crippen molar-refractivity contribution in [2.45, 2.75) is 26.2 Å². The minimum Gasteiger partial charge on any atom is -0.314 e. The van der Waals surface area contributed by atoms with Crippen LogP contribution in [0.5, 0.6) is 0 Å². The predicted octanol–water partition coefficient (Wildman–Crippen LogP) is 0.877. The van der Waals surface area contributed by atoms with Crippen LogP contribution in [-0.2, 0) is 12.8 Å². The summed E-state index contributed by atoms with van der Waals surface area (Å²) in [6, 6.07) is 2.03. The highest BCUT2D eigenvalue weighted by Gasteiger charge is 2.09. The van der Waals surface area contributed by atoms with Gasteiger partial charge in [-0.2, -0.15) is 0 Å². The Bertz CT molecular complexity index is 334. The zero-order valence-corrected chi connectivity index (χ0v) is 10.7. The molecule has 0 aromatic carbocycles. The van der Waals surface area contributed by atoms with Crippen molar-refractivity contribution < 1.29 is 0 Å². The first-order valence-electron chi connectivity index (χ1n) is 6.62. The highest BCUT2D eigenvalue weighted by atomic mass is 15.2. The van der Waals surface area contributed by atoms with Crippen molar-refractivity contribution >= 4 is 0 Å². The molecule has 94 valence electrons. The van der Waals surface area contributed by atoms with Crippen molar-refractivity contribution in [2.24, 2.45) is 0 Å². The number of rotatable bonds is 5. The summed E-state index contributed by atoms with van der Waals surface area (Å²) < 4.78 is 0. The van der Waals surface area contributed by atoms with Crippen LogP contribution in [0.4, 0.5) is 0 Å². The zero-order chi connectivity index (χ0) is 11.9. The number of nitrogens with one attached hydrogen (secondary N) is 1. The Morgan fingerprint density at radius 2 is 2.12 bits per heavy atom. The second-order valence-electron chi connectivity index (χ2n) is 4.56. The molecule has 4 heteroatoms. The van der Waals surface area contributed by atoms with Gasteiger partial charge in [-0.05, 0) is 12.5 Å². The van der Waals surface area contributed by atoms with Crippen molar-refractivity contribution in [1.29, 1.82) is 0 Å². The first kappa shape index (κ1) is 12.5. The molecule has 1 fully saturated rings. The first-order valence-corrected chi connectivity index (χ1v) is 6.62. The fourth-order valence-electron chi connectivity index (χ4n) is 2.15. The molecule has 0 bridgehead atoms. The maximum atomic E-state index is 4.59. The number of nitrogens with zero attached hydrogens (tertiary/aromatic N) is 3. The van der Waals surface area contributed by atoms with E-state index in [0.717, 1.165) is 57.8 Å². The van der Waals surface area contributed by atoms with E-state index in [1.807, 2.05) is 12.3 Å². The van der Waals surface area contributed by atoms with Crippen LogP contribution in [-0.4, -0.2) is 47.6 Å². The molecule has 1 aromatic rings. The topological polar surface area (TPSA) is 41.1 Å². The SMILES string of the molecule is CCCc1ccnc(CCN2CCNCC2)n1. The Morgan fingerprint density at radius 3 is 2.88 bits per heavy atom. The van der Waals surface area contributed by atoms with Gasteiger partial charge in [-0.3, -0.25) is 0 Å². The lowest BCUT2D eigenvalue weighted by atomic mass is 10.2. The summed E-state index contributed by atoms with van der Waals surface area (Å²) in [5.74, 6) is 0.995. The van der Waals surface area contributed by atoms with Gasteiger partial charge in [0.05, 0.1) is 0 Å². The normalized spacial score (nSPS) is 17.2. The van der Waals surface area contributed by atoms with E-state index in [9.17, 15) is 0 Å². The smallest absolute Gasteiger partial charge is 0.129 e. The second-order valence-corrected chi connectivity index (χ2v) is 4.56. The van der Waals surface area contributed by atoms with E-state index in [2.05, 4.69) is 27.1 Å². The van der Waals surface area contributed by atoms with Crippen molar-refractivity contribution in [3.05, 3.63) is 23.8 Å². The molecule has 1 aliphatic rings. The monoisotopic (exact) mass is 234 g/mol. The van der Waals surface area contributed by atoms with E-state index in [-0.39, 0.29) is 0 Å². The summed E-state index contributed by atoms with van der Waals surface area (Å²) in [7, 11) is 0. The van der Waals surface area contributed by atoms with E-state index >= 15 is 0 Å². The molecule has 0 aliphatic carbocycles. The summed E-state index contributed by atoms with van der Waals surface area (Å²) in [5.41, 5.74) is 1.18. The van der Waals surface area contributed by atoms with Crippen LogP contribution in [0.2, 0.25) is 0 Å². The standard InChI is InChI=1S/C13H22N4/c1-2-3-12-4-6-15-13(16-12)5-9-17-10-7-14-8-11-17/h4,6,14H,2-3,5,7-11H2,1H3. The molecule has 1 saturated heterocycles. The Hall–Kier alpha value is -1.00. The summed E-state index contributed by atoms with van der Waals surface area (Å²) in [6.45, 7) is 7.77. The van der Waals surface area contributed by atoms with Gasteiger partial charge in [0.15, 0.2) is 0 Å². The largest absolute Gasteiger partial charge is 0.314 e. The van der Waals surface area contributed by atoms with Crippen LogP contribution in [0.25, 0.3) is 0 Å². The third kappa shape index (κ3) is 4.06. The van der Waals surface area contributed by atoms with E-state index < -0.39 is 0 Å². The fourth-order valence-corrected chi connectivity index (χ4v) is 2.15. The number of hydrogen-bond acceptors (Lipinski definition) is 4. The maximum absolute atomic E-state index is 4.59. The highest BCUT2D eigenvalue weighted by Crippen LogP contribution is 2.01. The lowest BCUT2D eigenvalue weighted by Crippen LogP contribution is -2.44. The molecule has 2 rings (SSSR count). The maximum Gasteiger partial charge on any atom is 0.129 e. The van der Waals surface area contributed by atoms with Gasteiger partial charge in [-0.25, -0.2) is 9.97 Å². The molecule has 1 aliphatic heterocycles. The van der Waals surface area contributed by atoms with Crippen LogP contribution in [0.1, 0.15) is 24.9 Å². The Morgan fingerprint density at radius 1 is 1.29 bits per heavy atom. The molecule has 0 spiro atoms. The Balaban J connectivity index is 1.83. The summed E-state index contributed by atoms with van der Waals surface area (Å²) in [5, 5.41) is 3.37. The lowest BCUT2D eigenvalue weighted by Gasteiger charge is -2.26. The average molecular weight is 234 g/mol. The average Bonchev–Trinajstić information content (AvgIpc) is 2.39. The fraction of sp³-hybridized carbons (Fsp3) is 0.692. The molecule has 0 radical (unpaired) electrons. The molecule has 1 aromatic heterocycles. The molecule has 0 atom stereocenters. The molecule has 0 unspecified atom stereocenters. The molecular weight excluding hydrogens is 212 g/mol. The zero-order valence-electron chi connectivity index (χ0n) is 10.7. The van der Waals surface area contributed by atoms with Gasteiger partial charge in [0.2, 0.25) is 0 Å². The van der Waals surface area contributed by atoms with Crippen LogP contribution in [0, 0.1) is 0 Å². The number of aryl methyl sites for hydroxylation is 1. The van der Waals surface area contributed by atoms with Gasteiger partial charge in [0, 0.05) is 51.0 Å². The molecule has 0 amide bonds. The van der Waals surface area contributed by atoms with Crippen molar-refractivity contribution in [3.63, 3.8) is 0 Å². The van der Waals surface area contributed by atoms with Gasteiger partial charge in [0.25, 0.3) is 0 Å². The number of aromatic nitrogens is 2. The highest BCUT2D eigenvalue weighted by molar-refractivity contribution is 5.02. The van der Waals surface area contributed by atoms with Gasteiger partial charge < -0.3 is 10.2 Å². The molecular formula is C13H22N4. The summed E-state index contributed by atoms with van der Waals surface area (Å²) >= 11 is 0. The van der Waals surface area contributed by atoms with Crippen molar-refractivity contribution in [2.75, 3.05) is 32.7 Å². The molecule has 0 saturated carbocycles. The molecule has 1 N–H and O–H groups in total. The van der Waals surface area contributed by atoms with E-state index in [4.69, 9.17) is 0 Å². The van der Waals surface area contributed by atoms with Crippen molar-refractivity contribution in [3.8, 4) is 0 Å². The first-order chi connectivity index (χ1) is 8.38. The molecule has 2 heterocycles. The molecule has 4 nitrogen and oxygen atoms in total. The second kappa shape index (κ2) is 6.67. The van der Waals surface area contributed by atoms with E-state index in [1.54, 1.807) is 0 Å². The van der Waals surface area contributed by atoms with Crippen LogP contribution in [0.15, 0.2) is 12.3 Å². The predicted molar refractivity (Wildman–Crippen MR) is 69.0 cm³/mol. The number of hydrogen-bond donors (Lipinski definition) is 1. The van der Waals surface area contributed by atoms with Gasteiger partial charge in [0.1, 0.15) is 5.82 Å². The van der Waals surface area contributed by atoms with Crippen LogP contribution < -0.4 is 5.32 Å².